The molecular formula is C14H22N2O. The lowest BCUT2D eigenvalue weighted by Gasteiger charge is -2.32. The fraction of sp³-hybridized carbons (Fsp3) is 0.571. The summed E-state index contributed by atoms with van der Waals surface area (Å²) in [5.41, 5.74) is 7.34. The summed E-state index contributed by atoms with van der Waals surface area (Å²) in [7, 11) is 0. The van der Waals surface area contributed by atoms with Gasteiger partial charge in [0, 0.05) is 18.8 Å². The van der Waals surface area contributed by atoms with Crippen molar-refractivity contribution in [2.75, 3.05) is 25.4 Å². The van der Waals surface area contributed by atoms with Crippen molar-refractivity contribution in [3.63, 3.8) is 0 Å². The number of β-amino-alcohol motifs (C(OH)–C–C–N with tert-alkyl or cyclic N) is 1. The van der Waals surface area contributed by atoms with Crippen LogP contribution in [0.5, 0.6) is 0 Å². The van der Waals surface area contributed by atoms with Crippen LogP contribution in [0.15, 0.2) is 24.3 Å². The van der Waals surface area contributed by atoms with Crippen molar-refractivity contribution in [1.82, 2.24) is 4.90 Å². The fourth-order valence-corrected chi connectivity index (χ4v) is 2.52. The second-order valence-electron chi connectivity index (χ2n) is 5.19. The summed E-state index contributed by atoms with van der Waals surface area (Å²) < 4.78 is 0. The van der Waals surface area contributed by atoms with Gasteiger partial charge in [0.15, 0.2) is 0 Å². The van der Waals surface area contributed by atoms with Crippen molar-refractivity contribution in [2.24, 2.45) is 5.92 Å². The van der Waals surface area contributed by atoms with E-state index >= 15 is 0 Å². The van der Waals surface area contributed by atoms with E-state index in [0.717, 1.165) is 36.8 Å². The molecule has 1 aliphatic heterocycles. The zero-order chi connectivity index (χ0) is 12.3. The van der Waals surface area contributed by atoms with Crippen LogP contribution in [0.3, 0.4) is 0 Å². The molecule has 1 saturated heterocycles. The highest BCUT2D eigenvalue weighted by Gasteiger charge is 2.19. The first-order valence-corrected chi connectivity index (χ1v) is 6.41. The van der Waals surface area contributed by atoms with Crippen LogP contribution < -0.4 is 5.73 Å². The SMILES string of the molecule is CC1CCCN(CC(O)c2ccc(N)cc2)C1. The average molecular weight is 234 g/mol. The van der Waals surface area contributed by atoms with E-state index in [1.165, 1.54) is 12.8 Å². The van der Waals surface area contributed by atoms with Gasteiger partial charge in [-0.15, -0.1) is 0 Å². The smallest absolute Gasteiger partial charge is 0.0916 e. The van der Waals surface area contributed by atoms with Crippen molar-refractivity contribution in [2.45, 2.75) is 25.9 Å². The lowest BCUT2D eigenvalue weighted by atomic mass is 9.99. The van der Waals surface area contributed by atoms with Crippen LogP contribution in [0, 0.1) is 5.92 Å². The van der Waals surface area contributed by atoms with E-state index in [4.69, 9.17) is 5.73 Å². The maximum Gasteiger partial charge on any atom is 0.0916 e. The van der Waals surface area contributed by atoms with Crippen LogP contribution in [-0.4, -0.2) is 29.6 Å². The third-order valence-corrected chi connectivity index (χ3v) is 3.49. The third kappa shape index (κ3) is 3.45. The van der Waals surface area contributed by atoms with Crippen LogP contribution in [0.4, 0.5) is 5.69 Å². The molecule has 0 bridgehead atoms. The predicted octanol–water partition coefficient (Wildman–Crippen LogP) is 2.03. The highest BCUT2D eigenvalue weighted by Crippen LogP contribution is 2.20. The molecule has 0 radical (unpaired) electrons. The highest BCUT2D eigenvalue weighted by molar-refractivity contribution is 5.39. The molecule has 17 heavy (non-hydrogen) atoms. The van der Waals surface area contributed by atoms with Gasteiger partial charge in [0.1, 0.15) is 0 Å². The number of benzene rings is 1. The van der Waals surface area contributed by atoms with Crippen LogP contribution in [0.2, 0.25) is 0 Å². The normalized spacial score (nSPS) is 23.5. The Balaban J connectivity index is 1.91. The number of anilines is 1. The van der Waals surface area contributed by atoms with Gasteiger partial charge in [-0.25, -0.2) is 0 Å². The summed E-state index contributed by atoms with van der Waals surface area (Å²) in [6.07, 6.45) is 2.16. The van der Waals surface area contributed by atoms with Crippen LogP contribution in [0.1, 0.15) is 31.4 Å². The van der Waals surface area contributed by atoms with Gasteiger partial charge in [0.2, 0.25) is 0 Å². The summed E-state index contributed by atoms with van der Waals surface area (Å²) >= 11 is 0. The molecule has 2 atom stereocenters. The number of rotatable bonds is 3. The van der Waals surface area contributed by atoms with Gasteiger partial charge in [-0.1, -0.05) is 19.1 Å². The number of aliphatic hydroxyl groups is 1. The molecule has 2 unspecified atom stereocenters. The van der Waals surface area contributed by atoms with E-state index in [-0.39, 0.29) is 0 Å². The number of hydrogen-bond acceptors (Lipinski definition) is 3. The molecule has 1 aromatic carbocycles. The molecule has 0 saturated carbocycles. The Kier molecular flexibility index (Phi) is 4.02. The minimum Gasteiger partial charge on any atom is -0.399 e. The molecule has 94 valence electrons. The average Bonchev–Trinajstić information content (AvgIpc) is 2.29. The quantitative estimate of drug-likeness (QED) is 0.787. The zero-order valence-corrected chi connectivity index (χ0v) is 10.5. The molecule has 0 spiro atoms. The number of nitrogen functional groups attached to an aromatic ring is 1. The minimum absolute atomic E-state index is 0.402. The Hall–Kier alpha value is -1.06. The monoisotopic (exact) mass is 234 g/mol. The second kappa shape index (κ2) is 5.52. The molecule has 3 nitrogen and oxygen atoms in total. The number of hydrogen-bond donors (Lipinski definition) is 2. The van der Waals surface area contributed by atoms with Gasteiger partial charge in [-0.2, -0.15) is 0 Å². The van der Waals surface area contributed by atoms with Gasteiger partial charge in [-0.3, -0.25) is 0 Å². The number of aliphatic hydroxyl groups excluding tert-OH is 1. The van der Waals surface area contributed by atoms with Crippen molar-refractivity contribution in [3.8, 4) is 0 Å². The van der Waals surface area contributed by atoms with Crippen molar-refractivity contribution in [1.29, 1.82) is 0 Å². The Labute approximate surface area is 103 Å². The Bertz CT molecular complexity index is 350. The Morgan fingerprint density at radius 1 is 1.41 bits per heavy atom. The maximum absolute atomic E-state index is 10.2. The summed E-state index contributed by atoms with van der Waals surface area (Å²) in [6, 6.07) is 7.51. The number of likely N-dealkylation sites (tertiary alicyclic amines) is 1. The second-order valence-corrected chi connectivity index (χ2v) is 5.19. The number of nitrogens with zero attached hydrogens (tertiary/aromatic N) is 1. The van der Waals surface area contributed by atoms with E-state index in [2.05, 4.69) is 11.8 Å². The van der Waals surface area contributed by atoms with E-state index in [1.807, 2.05) is 24.3 Å². The standard InChI is InChI=1S/C14H22N2O/c1-11-3-2-8-16(9-11)10-14(17)12-4-6-13(15)7-5-12/h4-7,11,14,17H,2-3,8-10,15H2,1H3. The van der Waals surface area contributed by atoms with Gasteiger partial charge in [0.25, 0.3) is 0 Å². The number of piperidine rings is 1. The minimum atomic E-state index is -0.402. The van der Waals surface area contributed by atoms with E-state index in [0.29, 0.717) is 0 Å². The predicted molar refractivity (Wildman–Crippen MR) is 70.7 cm³/mol. The lowest BCUT2D eigenvalue weighted by Crippen LogP contribution is -2.37. The van der Waals surface area contributed by atoms with Crippen LogP contribution in [-0.2, 0) is 0 Å². The molecule has 1 fully saturated rings. The van der Waals surface area contributed by atoms with Gasteiger partial charge < -0.3 is 15.7 Å². The van der Waals surface area contributed by atoms with Crippen molar-refractivity contribution >= 4 is 5.69 Å². The number of nitrogens with two attached hydrogens (primary N) is 1. The van der Waals surface area contributed by atoms with Gasteiger partial charge >= 0.3 is 0 Å². The van der Waals surface area contributed by atoms with Gasteiger partial charge in [0.05, 0.1) is 6.10 Å². The van der Waals surface area contributed by atoms with Crippen LogP contribution >= 0.6 is 0 Å². The molecule has 2 rings (SSSR count). The van der Waals surface area contributed by atoms with Crippen molar-refractivity contribution in [3.05, 3.63) is 29.8 Å². The maximum atomic E-state index is 10.2. The highest BCUT2D eigenvalue weighted by atomic mass is 16.3. The molecule has 0 aliphatic carbocycles. The molecule has 3 heteroatoms. The first kappa shape index (κ1) is 12.4. The Morgan fingerprint density at radius 2 is 2.12 bits per heavy atom. The fourth-order valence-electron chi connectivity index (χ4n) is 2.52. The molecule has 1 aliphatic rings. The summed E-state index contributed by atoms with van der Waals surface area (Å²) in [5, 5.41) is 10.2. The summed E-state index contributed by atoms with van der Waals surface area (Å²) in [5.74, 6) is 0.752. The topological polar surface area (TPSA) is 49.5 Å². The summed E-state index contributed by atoms with van der Waals surface area (Å²) in [4.78, 5) is 2.36. The largest absolute Gasteiger partial charge is 0.399 e. The zero-order valence-electron chi connectivity index (χ0n) is 10.5. The lowest BCUT2D eigenvalue weighted by molar-refractivity contribution is 0.0876. The molecule has 1 aromatic rings. The molecular weight excluding hydrogens is 212 g/mol. The van der Waals surface area contributed by atoms with E-state index in [9.17, 15) is 5.11 Å². The summed E-state index contributed by atoms with van der Waals surface area (Å²) in [6.45, 7) is 5.22. The van der Waals surface area contributed by atoms with Crippen LogP contribution in [0.25, 0.3) is 0 Å². The molecule has 0 amide bonds. The first-order chi connectivity index (χ1) is 8.15. The Morgan fingerprint density at radius 3 is 2.76 bits per heavy atom. The molecule has 1 heterocycles. The molecule has 3 N–H and O–H groups in total. The van der Waals surface area contributed by atoms with E-state index in [1.54, 1.807) is 0 Å². The van der Waals surface area contributed by atoms with Gasteiger partial charge in [-0.05, 0) is 43.0 Å². The third-order valence-electron chi connectivity index (χ3n) is 3.49. The molecule has 0 aromatic heterocycles. The first-order valence-electron chi connectivity index (χ1n) is 6.41. The van der Waals surface area contributed by atoms with Crippen molar-refractivity contribution < 1.29 is 5.11 Å². The van der Waals surface area contributed by atoms with E-state index < -0.39 is 6.10 Å².